The van der Waals surface area contributed by atoms with Crippen molar-refractivity contribution in [3.8, 4) is 0 Å². The lowest BCUT2D eigenvalue weighted by molar-refractivity contribution is -0.140. The van der Waals surface area contributed by atoms with Gasteiger partial charge in [0.05, 0.1) is 12.7 Å². The van der Waals surface area contributed by atoms with Gasteiger partial charge in [-0.3, -0.25) is 0 Å². The Morgan fingerprint density at radius 3 is 2.63 bits per heavy atom. The van der Waals surface area contributed by atoms with Gasteiger partial charge in [-0.05, 0) is 56.3 Å². The lowest BCUT2D eigenvalue weighted by atomic mass is 9.53. The van der Waals surface area contributed by atoms with Crippen molar-refractivity contribution in [3.63, 3.8) is 0 Å². The Kier molecular flexibility index (Phi) is 3.78. The molecule has 0 saturated heterocycles. The van der Waals surface area contributed by atoms with Crippen LogP contribution in [-0.4, -0.2) is 23.8 Å². The molecule has 3 heteroatoms. The molecule has 1 unspecified atom stereocenters. The number of hydrogen-bond acceptors (Lipinski definition) is 3. The standard InChI is InChI=1S/C16H26O3/c1-11(14(17)19-4)12-6-9-15(2)7-5-8-16(3,18)13(15)10-12/h12-13,18H,1,5-10H2,2-4H3/t12-,13?,15-,16-/m1/s1. The molecule has 1 N–H and O–H groups in total. The molecule has 0 bridgehead atoms. The van der Waals surface area contributed by atoms with E-state index >= 15 is 0 Å². The Balaban J connectivity index is 2.16. The maximum atomic E-state index is 11.6. The molecular formula is C16H26O3. The summed E-state index contributed by atoms with van der Waals surface area (Å²) in [6.07, 6.45) is 6.06. The Morgan fingerprint density at radius 2 is 2.00 bits per heavy atom. The zero-order valence-electron chi connectivity index (χ0n) is 12.4. The lowest BCUT2D eigenvalue weighted by Gasteiger charge is -2.54. The number of ether oxygens (including phenoxy) is 1. The summed E-state index contributed by atoms with van der Waals surface area (Å²) in [6.45, 7) is 8.15. The fourth-order valence-electron chi connectivity index (χ4n) is 4.31. The first-order valence-electron chi connectivity index (χ1n) is 7.30. The Morgan fingerprint density at radius 1 is 1.32 bits per heavy atom. The zero-order valence-corrected chi connectivity index (χ0v) is 12.4. The Hall–Kier alpha value is -0.830. The van der Waals surface area contributed by atoms with Crippen molar-refractivity contribution in [2.45, 2.75) is 58.0 Å². The number of methoxy groups -OCH3 is 1. The average molecular weight is 266 g/mol. The summed E-state index contributed by atoms with van der Waals surface area (Å²) >= 11 is 0. The fraction of sp³-hybridized carbons (Fsp3) is 0.812. The van der Waals surface area contributed by atoms with Crippen LogP contribution < -0.4 is 0 Å². The van der Waals surface area contributed by atoms with E-state index in [2.05, 4.69) is 13.5 Å². The van der Waals surface area contributed by atoms with Gasteiger partial charge >= 0.3 is 5.97 Å². The molecule has 0 aromatic heterocycles. The first-order chi connectivity index (χ1) is 8.80. The van der Waals surface area contributed by atoms with Gasteiger partial charge in [0.1, 0.15) is 0 Å². The topological polar surface area (TPSA) is 46.5 Å². The molecule has 0 amide bonds. The van der Waals surface area contributed by atoms with Gasteiger partial charge in [-0.25, -0.2) is 4.79 Å². The van der Waals surface area contributed by atoms with Crippen LogP contribution in [0.1, 0.15) is 52.4 Å². The molecule has 2 rings (SSSR count). The monoisotopic (exact) mass is 266 g/mol. The van der Waals surface area contributed by atoms with Crippen LogP contribution in [0.2, 0.25) is 0 Å². The van der Waals surface area contributed by atoms with Crippen LogP contribution >= 0.6 is 0 Å². The molecule has 2 fully saturated rings. The van der Waals surface area contributed by atoms with Crippen LogP contribution in [0.4, 0.5) is 0 Å². The van der Waals surface area contributed by atoms with Crippen molar-refractivity contribution in [1.82, 2.24) is 0 Å². The van der Waals surface area contributed by atoms with E-state index in [1.807, 2.05) is 6.92 Å². The van der Waals surface area contributed by atoms with E-state index in [9.17, 15) is 9.90 Å². The van der Waals surface area contributed by atoms with Gasteiger partial charge in [-0.1, -0.05) is 19.9 Å². The minimum Gasteiger partial charge on any atom is -0.466 e. The molecule has 108 valence electrons. The van der Waals surface area contributed by atoms with Crippen LogP contribution in [0, 0.1) is 17.3 Å². The van der Waals surface area contributed by atoms with E-state index in [1.54, 1.807) is 0 Å². The number of rotatable bonds is 2. The fourth-order valence-corrected chi connectivity index (χ4v) is 4.31. The van der Waals surface area contributed by atoms with Crippen LogP contribution in [0.3, 0.4) is 0 Å². The molecule has 19 heavy (non-hydrogen) atoms. The summed E-state index contributed by atoms with van der Waals surface area (Å²) in [5.74, 6) is 0.119. The highest BCUT2D eigenvalue weighted by atomic mass is 16.5. The largest absolute Gasteiger partial charge is 0.466 e. The quantitative estimate of drug-likeness (QED) is 0.617. The summed E-state index contributed by atoms with van der Waals surface area (Å²) < 4.78 is 4.78. The Labute approximate surface area is 116 Å². The van der Waals surface area contributed by atoms with Gasteiger partial charge in [0, 0.05) is 5.57 Å². The predicted octanol–water partition coefficient (Wildman–Crippen LogP) is 3.07. The number of hydrogen-bond donors (Lipinski definition) is 1. The molecule has 0 aliphatic heterocycles. The molecule has 3 nitrogen and oxygen atoms in total. The molecule has 0 aromatic rings. The van der Waals surface area contributed by atoms with Gasteiger partial charge in [0.15, 0.2) is 0 Å². The second-order valence-electron chi connectivity index (χ2n) is 6.91. The molecule has 0 spiro atoms. The third-order valence-corrected chi connectivity index (χ3v) is 5.55. The molecule has 0 aromatic carbocycles. The Bertz CT molecular complexity index is 385. The third kappa shape index (κ3) is 2.58. The van der Waals surface area contributed by atoms with E-state index in [1.165, 1.54) is 13.5 Å². The minimum atomic E-state index is -0.609. The van der Waals surface area contributed by atoms with Crippen LogP contribution in [-0.2, 0) is 9.53 Å². The summed E-state index contributed by atoms with van der Waals surface area (Å²) in [5, 5.41) is 10.7. The van der Waals surface area contributed by atoms with Gasteiger partial charge in [0.25, 0.3) is 0 Å². The highest BCUT2D eigenvalue weighted by Gasteiger charge is 2.51. The second-order valence-corrected chi connectivity index (χ2v) is 6.91. The second kappa shape index (κ2) is 4.93. The van der Waals surface area contributed by atoms with Crippen LogP contribution in [0.25, 0.3) is 0 Å². The average Bonchev–Trinajstić information content (AvgIpc) is 2.36. The molecular weight excluding hydrogens is 240 g/mol. The number of aliphatic hydroxyl groups is 1. The van der Waals surface area contributed by atoms with Crippen molar-refractivity contribution in [2.75, 3.05) is 7.11 Å². The molecule has 0 radical (unpaired) electrons. The number of carbonyl (C=O) groups excluding carboxylic acids is 1. The van der Waals surface area contributed by atoms with Gasteiger partial charge in [0.2, 0.25) is 0 Å². The van der Waals surface area contributed by atoms with Crippen molar-refractivity contribution >= 4 is 5.97 Å². The number of esters is 1. The maximum Gasteiger partial charge on any atom is 0.333 e. The van der Waals surface area contributed by atoms with Crippen molar-refractivity contribution in [3.05, 3.63) is 12.2 Å². The first kappa shape index (κ1) is 14.6. The number of carbonyl (C=O) groups is 1. The van der Waals surface area contributed by atoms with Crippen LogP contribution in [0.5, 0.6) is 0 Å². The van der Waals surface area contributed by atoms with E-state index in [-0.39, 0.29) is 23.2 Å². The third-order valence-electron chi connectivity index (χ3n) is 5.55. The SMILES string of the molecule is C=C(C(=O)OC)[C@@H]1CC[C@@]2(C)CCC[C@@](C)(O)C2C1. The highest BCUT2D eigenvalue weighted by Crippen LogP contribution is 2.56. The maximum absolute atomic E-state index is 11.6. The van der Waals surface area contributed by atoms with E-state index in [4.69, 9.17) is 4.74 Å². The minimum absolute atomic E-state index is 0.162. The van der Waals surface area contributed by atoms with Crippen LogP contribution in [0.15, 0.2) is 12.2 Å². The van der Waals surface area contributed by atoms with E-state index in [0.717, 1.165) is 32.1 Å². The molecule has 2 aliphatic rings. The van der Waals surface area contributed by atoms with Crippen molar-refractivity contribution in [1.29, 1.82) is 0 Å². The van der Waals surface area contributed by atoms with Crippen molar-refractivity contribution < 1.29 is 14.6 Å². The normalized spacial score (nSPS) is 42.3. The molecule has 2 saturated carbocycles. The van der Waals surface area contributed by atoms with Gasteiger partial charge in [-0.15, -0.1) is 0 Å². The predicted molar refractivity (Wildman–Crippen MR) is 74.6 cm³/mol. The van der Waals surface area contributed by atoms with E-state index < -0.39 is 5.60 Å². The van der Waals surface area contributed by atoms with Gasteiger partial charge in [-0.2, -0.15) is 0 Å². The first-order valence-corrected chi connectivity index (χ1v) is 7.30. The lowest BCUT2D eigenvalue weighted by Crippen LogP contribution is -2.51. The highest BCUT2D eigenvalue weighted by molar-refractivity contribution is 5.88. The zero-order chi connectivity index (χ0) is 14.3. The molecule has 0 heterocycles. The smallest absolute Gasteiger partial charge is 0.333 e. The summed E-state index contributed by atoms with van der Waals surface area (Å²) in [5.41, 5.74) is 0.183. The molecule has 4 atom stereocenters. The summed E-state index contributed by atoms with van der Waals surface area (Å²) in [6, 6.07) is 0. The summed E-state index contributed by atoms with van der Waals surface area (Å²) in [4.78, 5) is 11.6. The van der Waals surface area contributed by atoms with Crippen molar-refractivity contribution in [2.24, 2.45) is 17.3 Å². The molecule has 2 aliphatic carbocycles. The van der Waals surface area contributed by atoms with E-state index in [0.29, 0.717) is 5.57 Å². The summed E-state index contributed by atoms with van der Waals surface area (Å²) in [7, 11) is 1.40. The van der Waals surface area contributed by atoms with Gasteiger partial charge < -0.3 is 9.84 Å². The number of fused-ring (bicyclic) bond motifs is 1.